The quantitative estimate of drug-likeness (QED) is 0.828. The van der Waals surface area contributed by atoms with Gasteiger partial charge in [0.15, 0.2) is 5.82 Å². The molecule has 1 aliphatic rings. The number of aryl methyl sites for hydroxylation is 1. The summed E-state index contributed by atoms with van der Waals surface area (Å²) in [6, 6.07) is 3.66. The Kier molecular flexibility index (Phi) is 2.29. The molecule has 1 heterocycles. The van der Waals surface area contributed by atoms with Gasteiger partial charge in [0.1, 0.15) is 0 Å². The molecule has 1 aromatic carbocycles. The lowest BCUT2D eigenvalue weighted by molar-refractivity contribution is 0.759. The summed E-state index contributed by atoms with van der Waals surface area (Å²) >= 11 is 6.04. The third-order valence-electron chi connectivity index (χ3n) is 2.98. The molecule has 0 radical (unpaired) electrons. The van der Waals surface area contributed by atoms with Crippen molar-refractivity contribution in [2.75, 3.05) is 5.73 Å². The Balaban J connectivity index is 2.14. The van der Waals surface area contributed by atoms with Crippen LogP contribution >= 0.6 is 11.6 Å². The van der Waals surface area contributed by atoms with Gasteiger partial charge in [-0.3, -0.25) is 0 Å². The number of tetrazole rings is 1. The van der Waals surface area contributed by atoms with Crippen molar-refractivity contribution in [2.45, 2.75) is 25.7 Å². The predicted octanol–water partition coefficient (Wildman–Crippen LogP) is 2.08. The Bertz CT molecular complexity index is 573. The van der Waals surface area contributed by atoms with Gasteiger partial charge in [-0.2, -0.15) is 4.68 Å². The number of halogens is 1. The number of nitrogens with zero attached hydrogens (tertiary/aromatic N) is 4. The van der Waals surface area contributed by atoms with Gasteiger partial charge in [0.05, 0.1) is 16.4 Å². The maximum Gasteiger partial charge on any atom is 0.159 e. The molecule has 1 aromatic heterocycles. The molecule has 0 aliphatic heterocycles. The van der Waals surface area contributed by atoms with Gasteiger partial charge in [-0.05, 0) is 47.9 Å². The van der Waals surface area contributed by atoms with E-state index < -0.39 is 0 Å². The highest BCUT2D eigenvalue weighted by atomic mass is 35.5. The van der Waals surface area contributed by atoms with Crippen LogP contribution in [0.2, 0.25) is 5.02 Å². The first kappa shape index (κ1) is 10.5. The summed E-state index contributed by atoms with van der Waals surface area (Å²) < 4.78 is 1.76. The van der Waals surface area contributed by atoms with Crippen LogP contribution in [-0.2, 0) is 0 Å². The first-order chi connectivity index (χ1) is 8.16. The molecule has 0 bridgehead atoms. The standard InChI is InChI=1S/C11H12ClN5/c1-6-4-9(13)8(12)5-10(6)17-11(7-2-3-7)14-15-16-17/h4-5,7H,2-3,13H2,1H3. The average Bonchev–Trinajstić information content (AvgIpc) is 3.02. The zero-order valence-electron chi connectivity index (χ0n) is 9.39. The number of hydrogen-bond acceptors (Lipinski definition) is 4. The molecule has 2 aromatic rings. The van der Waals surface area contributed by atoms with Crippen molar-refractivity contribution in [3.05, 3.63) is 28.5 Å². The minimum absolute atomic E-state index is 0.487. The van der Waals surface area contributed by atoms with E-state index in [0.717, 1.165) is 29.9 Å². The Labute approximate surface area is 104 Å². The Morgan fingerprint density at radius 2 is 2.18 bits per heavy atom. The highest BCUT2D eigenvalue weighted by Gasteiger charge is 2.30. The summed E-state index contributed by atoms with van der Waals surface area (Å²) in [5.41, 5.74) is 8.25. The number of nitrogen functional groups attached to an aromatic ring is 1. The fourth-order valence-corrected chi connectivity index (χ4v) is 2.04. The topological polar surface area (TPSA) is 69.6 Å². The molecule has 17 heavy (non-hydrogen) atoms. The summed E-state index contributed by atoms with van der Waals surface area (Å²) in [6.45, 7) is 1.97. The minimum Gasteiger partial charge on any atom is -0.398 e. The van der Waals surface area contributed by atoms with Crippen LogP contribution in [0.25, 0.3) is 5.69 Å². The van der Waals surface area contributed by atoms with Crippen LogP contribution in [0, 0.1) is 6.92 Å². The summed E-state index contributed by atoms with van der Waals surface area (Å²) in [7, 11) is 0. The second kappa shape index (κ2) is 3.70. The molecule has 1 fully saturated rings. The fourth-order valence-electron chi connectivity index (χ4n) is 1.88. The van der Waals surface area contributed by atoms with Crippen LogP contribution < -0.4 is 5.73 Å². The van der Waals surface area contributed by atoms with E-state index in [1.807, 2.05) is 19.1 Å². The molecule has 0 saturated heterocycles. The Morgan fingerprint density at radius 3 is 2.88 bits per heavy atom. The first-order valence-corrected chi connectivity index (χ1v) is 5.89. The molecule has 1 aliphatic carbocycles. The van der Waals surface area contributed by atoms with Crippen molar-refractivity contribution in [3.8, 4) is 5.69 Å². The van der Waals surface area contributed by atoms with Gasteiger partial charge in [0.25, 0.3) is 0 Å². The van der Waals surface area contributed by atoms with E-state index in [2.05, 4.69) is 15.5 Å². The van der Waals surface area contributed by atoms with Crippen LogP contribution in [0.5, 0.6) is 0 Å². The molecule has 1 saturated carbocycles. The Morgan fingerprint density at radius 1 is 1.41 bits per heavy atom. The Hall–Kier alpha value is -1.62. The summed E-state index contributed by atoms with van der Waals surface area (Å²) in [5, 5.41) is 12.4. The zero-order chi connectivity index (χ0) is 12.0. The molecular formula is C11H12ClN5. The largest absolute Gasteiger partial charge is 0.398 e. The molecule has 0 spiro atoms. The second-order valence-electron chi connectivity index (χ2n) is 4.38. The normalized spacial score (nSPS) is 15.2. The van der Waals surface area contributed by atoms with Crippen LogP contribution in [-0.4, -0.2) is 20.2 Å². The van der Waals surface area contributed by atoms with E-state index in [1.165, 1.54) is 0 Å². The van der Waals surface area contributed by atoms with Crippen LogP contribution in [0.3, 0.4) is 0 Å². The molecular weight excluding hydrogens is 238 g/mol. The van der Waals surface area contributed by atoms with E-state index >= 15 is 0 Å². The number of rotatable bonds is 2. The number of aromatic nitrogens is 4. The van der Waals surface area contributed by atoms with Crippen molar-refractivity contribution in [1.82, 2.24) is 20.2 Å². The lowest BCUT2D eigenvalue weighted by atomic mass is 10.1. The van der Waals surface area contributed by atoms with Gasteiger partial charge in [-0.15, -0.1) is 5.10 Å². The summed E-state index contributed by atoms with van der Waals surface area (Å²) in [5.74, 6) is 1.40. The molecule has 0 unspecified atom stereocenters. The van der Waals surface area contributed by atoms with E-state index in [0.29, 0.717) is 16.6 Å². The van der Waals surface area contributed by atoms with E-state index in [9.17, 15) is 0 Å². The number of hydrogen-bond donors (Lipinski definition) is 1. The highest BCUT2D eigenvalue weighted by molar-refractivity contribution is 6.33. The lowest BCUT2D eigenvalue weighted by Gasteiger charge is -2.09. The van der Waals surface area contributed by atoms with E-state index in [4.69, 9.17) is 17.3 Å². The molecule has 88 valence electrons. The molecule has 0 amide bonds. The maximum absolute atomic E-state index is 6.04. The number of nitrogens with two attached hydrogens (primary N) is 1. The molecule has 3 rings (SSSR count). The molecule has 0 atom stereocenters. The minimum atomic E-state index is 0.487. The van der Waals surface area contributed by atoms with Gasteiger partial charge < -0.3 is 5.73 Å². The average molecular weight is 250 g/mol. The first-order valence-electron chi connectivity index (χ1n) is 5.51. The van der Waals surface area contributed by atoms with Crippen molar-refractivity contribution >= 4 is 17.3 Å². The fraction of sp³-hybridized carbons (Fsp3) is 0.364. The highest BCUT2D eigenvalue weighted by Crippen LogP contribution is 2.39. The van der Waals surface area contributed by atoms with Crippen molar-refractivity contribution in [1.29, 1.82) is 0 Å². The van der Waals surface area contributed by atoms with Crippen molar-refractivity contribution in [2.24, 2.45) is 0 Å². The summed E-state index contributed by atoms with van der Waals surface area (Å²) in [4.78, 5) is 0. The van der Waals surface area contributed by atoms with Crippen LogP contribution in [0.1, 0.15) is 30.1 Å². The van der Waals surface area contributed by atoms with Gasteiger partial charge in [-0.1, -0.05) is 11.6 Å². The van der Waals surface area contributed by atoms with Crippen molar-refractivity contribution in [3.63, 3.8) is 0 Å². The number of benzene rings is 1. The van der Waals surface area contributed by atoms with E-state index in [-0.39, 0.29) is 0 Å². The molecule has 5 nitrogen and oxygen atoms in total. The van der Waals surface area contributed by atoms with E-state index in [1.54, 1.807) is 4.68 Å². The molecule has 6 heteroatoms. The predicted molar refractivity (Wildman–Crippen MR) is 65.3 cm³/mol. The van der Waals surface area contributed by atoms with Crippen LogP contribution in [0.15, 0.2) is 12.1 Å². The monoisotopic (exact) mass is 249 g/mol. The summed E-state index contributed by atoms with van der Waals surface area (Å²) in [6.07, 6.45) is 2.31. The second-order valence-corrected chi connectivity index (χ2v) is 4.79. The number of anilines is 1. The van der Waals surface area contributed by atoms with Gasteiger partial charge in [0.2, 0.25) is 0 Å². The van der Waals surface area contributed by atoms with Gasteiger partial charge >= 0.3 is 0 Å². The smallest absolute Gasteiger partial charge is 0.159 e. The van der Waals surface area contributed by atoms with Gasteiger partial charge in [-0.25, -0.2) is 0 Å². The van der Waals surface area contributed by atoms with Gasteiger partial charge in [0, 0.05) is 5.92 Å². The molecule has 2 N–H and O–H groups in total. The third-order valence-corrected chi connectivity index (χ3v) is 3.31. The zero-order valence-corrected chi connectivity index (χ0v) is 10.1. The lowest BCUT2D eigenvalue weighted by Crippen LogP contribution is -2.05. The third kappa shape index (κ3) is 1.76. The van der Waals surface area contributed by atoms with Crippen molar-refractivity contribution < 1.29 is 0 Å². The van der Waals surface area contributed by atoms with Crippen LogP contribution in [0.4, 0.5) is 5.69 Å². The SMILES string of the molecule is Cc1cc(N)c(Cl)cc1-n1nnnc1C1CC1. The maximum atomic E-state index is 6.04.